The number of hydrogen-bond donors (Lipinski definition) is 2. The summed E-state index contributed by atoms with van der Waals surface area (Å²) in [6, 6.07) is 18.2. The Hall–Kier alpha value is -3.56. The van der Waals surface area contributed by atoms with Gasteiger partial charge in [0.25, 0.3) is 5.91 Å². The second-order valence-corrected chi connectivity index (χ2v) is 9.24. The van der Waals surface area contributed by atoms with Gasteiger partial charge in [0.05, 0.1) is 24.3 Å². The summed E-state index contributed by atoms with van der Waals surface area (Å²) >= 11 is 2.80. The number of nitrogens with one attached hydrogen (secondary N) is 2. The maximum atomic E-state index is 12.6. The molecule has 1 atom stereocenters. The number of carbonyl (C=O) groups excluding carboxylic acids is 2. The van der Waals surface area contributed by atoms with Gasteiger partial charge in [0.15, 0.2) is 10.9 Å². The number of rotatable bonds is 8. The van der Waals surface area contributed by atoms with Crippen molar-refractivity contribution in [1.29, 1.82) is 0 Å². The Morgan fingerprint density at radius 2 is 1.82 bits per heavy atom. The third-order valence-corrected chi connectivity index (χ3v) is 6.53. The van der Waals surface area contributed by atoms with Gasteiger partial charge in [-0.25, -0.2) is 4.98 Å². The lowest BCUT2D eigenvalue weighted by atomic mass is 10.2. The van der Waals surface area contributed by atoms with Crippen LogP contribution in [0.3, 0.4) is 0 Å². The SMILES string of the molecule is COc1ccc(-c2csc(NC(=O)C(C)Sc3ccc(NC(=O)c4ccco4)cc3)n2)cc1. The molecule has 4 rings (SSSR count). The lowest BCUT2D eigenvalue weighted by Gasteiger charge is -2.11. The standard InChI is InChI=1S/C24H21N3O4S2/c1-15(33-19-11-7-17(8-12-19)25-23(29)21-4-3-13-31-21)22(28)27-24-26-20(14-32-24)16-5-9-18(30-2)10-6-16/h3-15H,1-2H3,(H,25,29)(H,26,27,28). The second-order valence-electron chi connectivity index (χ2n) is 6.97. The lowest BCUT2D eigenvalue weighted by molar-refractivity contribution is -0.115. The first-order chi connectivity index (χ1) is 16.0. The van der Waals surface area contributed by atoms with Gasteiger partial charge in [-0.2, -0.15) is 0 Å². The van der Waals surface area contributed by atoms with Crippen molar-refractivity contribution in [3.05, 3.63) is 78.1 Å². The van der Waals surface area contributed by atoms with Gasteiger partial charge in [0.2, 0.25) is 5.91 Å². The van der Waals surface area contributed by atoms with E-state index in [4.69, 9.17) is 9.15 Å². The first-order valence-corrected chi connectivity index (χ1v) is 11.8. The van der Waals surface area contributed by atoms with Crippen LogP contribution in [-0.4, -0.2) is 29.2 Å². The molecule has 2 aromatic carbocycles. The zero-order valence-corrected chi connectivity index (χ0v) is 19.5. The minimum Gasteiger partial charge on any atom is -0.497 e. The number of ether oxygens (including phenoxy) is 1. The van der Waals surface area contributed by atoms with Gasteiger partial charge in [0.1, 0.15) is 5.75 Å². The summed E-state index contributed by atoms with van der Waals surface area (Å²) in [6.07, 6.45) is 1.45. The number of carbonyl (C=O) groups is 2. The molecule has 2 N–H and O–H groups in total. The highest BCUT2D eigenvalue weighted by Crippen LogP contribution is 2.29. The zero-order valence-electron chi connectivity index (χ0n) is 17.9. The molecule has 0 bridgehead atoms. The van der Waals surface area contributed by atoms with Crippen LogP contribution in [0, 0.1) is 0 Å². The van der Waals surface area contributed by atoms with Crippen molar-refractivity contribution in [2.24, 2.45) is 0 Å². The predicted molar refractivity (Wildman–Crippen MR) is 131 cm³/mol. The molecule has 0 aliphatic carbocycles. The van der Waals surface area contributed by atoms with Crippen molar-refractivity contribution in [1.82, 2.24) is 4.98 Å². The normalized spacial score (nSPS) is 11.6. The van der Waals surface area contributed by atoms with Crippen LogP contribution in [0.25, 0.3) is 11.3 Å². The molecular formula is C24H21N3O4S2. The molecule has 0 saturated carbocycles. The quantitative estimate of drug-likeness (QED) is 0.311. The molecule has 168 valence electrons. The number of aromatic nitrogens is 1. The molecule has 2 aromatic heterocycles. The van der Waals surface area contributed by atoms with Crippen molar-refractivity contribution in [2.75, 3.05) is 17.7 Å². The van der Waals surface area contributed by atoms with Crippen LogP contribution in [-0.2, 0) is 4.79 Å². The highest BCUT2D eigenvalue weighted by Gasteiger charge is 2.17. The van der Waals surface area contributed by atoms with Gasteiger partial charge < -0.3 is 19.8 Å². The maximum Gasteiger partial charge on any atom is 0.291 e. The third-order valence-electron chi connectivity index (χ3n) is 4.66. The Kier molecular flexibility index (Phi) is 7.11. The van der Waals surface area contributed by atoms with E-state index in [0.29, 0.717) is 10.8 Å². The van der Waals surface area contributed by atoms with E-state index in [1.807, 2.05) is 48.7 Å². The molecule has 7 nitrogen and oxygen atoms in total. The molecule has 0 spiro atoms. The largest absolute Gasteiger partial charge is 0.497 e. The molecule has 2 amide bonds. The van der Waals surface area contributed by atoms with Crippen molar-refractivity contribution in [3.63, 3.8) is 0 Å². The molecule has 9 heteroatoms. The predicted octanol–water partition coefficient (Wildman–Crippen LogP) is 5.78. The van der Waals surface area contributed by atoms with Crippen molar-refractivity contribution < 1.29 is 18.7 Å². The third kappa shape index (κ3) is 5.82. The van der Waals surface area contributed by atoms with E-state index >= 15 is 0 Å². The summed E-state index contributed by atoms with van der Waals surface area (Å²) in [7, 11) is 1.62. The van der Waals surface area contributed by atoms with E-state index < -0.39 is 0 Å². The fourth-order valence-electron chi connectivity index (χ4n) is 2.91. The molecule has 0 saturated heterocycles. The Morgan fingerprint density at radius 1 is 1.06 bits per heavy atom. The van der Waals surface area contributed by atoms with Gasteiger partial charge >= 0.3 is 0 Å². The first kappa shape index (κ1) is 22.6. The van der Waals surface area contributed by atoms with Crippen LogP contribution < -0.4 is 15.4 Å². The number of anilines is 2. The maximum absolute atomic E-state index is 12.6. The Labute approximate surface area is 199 Å². The van der Waals surface area contributed by atoms with Gasteiger partial charge in [-0.15, -0.1) is 23.1 Å². The van der Waals surface area contributed by atoms with Crippen LogP contribution in [0.15, 0.2) is 81.6 Å². The highest BCUT2D eigenvalue weighted by molar-refractivity contribution is 8.00. The molecule has 2 heterocycles. The van der Waals surface area contributed by atoms with Gasteiger partial charge in [-0.3, -0.25) is 9.59 Å². The summed E-state index contributed by atoms with van der Waals surface area (Å²) in [6.45, 7) is 1.84. The van der Waals surface area contributed by atoms with E-state index in [2.05, 4.69) is 15.6 Å². The van der Waals surface area contributed by atoms with Crippen molar-refractivity contribution >= 4 is 45.7 Å². The van der Waals surface area contributed by atoms with Crippen molar-refractivity contribution in [3.8, 4) is 17.0 Å². The minimum absolute atomic E-state index is 0.133. The van der Waals surface area contributed by atoms with E-state index in [9.17, 15) is 9.59 Å². The van der Waals surface area contributed by atoms with Crippen LogP contribution in [0.4, 0.5) is 10.8 Å². The number of furan rings is 1. The molecule has 33 heavy (non-hydrogen) atoms. The smallest absolute Gasteiger partial charge is 0.291 e. The van der Waals surface area contributed by atoms with Gasteiger partial charge in [-0.05, 0) is 67.6 Å². The number of benzene rings is 2. The molecule has 0 radical (unpaired) electrons. The zero-order chi connectivity index (χ0) is 23.2. The average Bonchev–Trinajstić information content (AvgIpc) is 3.53. The Bertz CT molecular complexity index is 1220. The number of amides is 2. The highest BCUT2D eigenvalue weighted by atomic mass is 32.2. The molecule has 0 fully saturated rings. The number of methoxy groups -OCH3 is 1. The summed E-state index contributed by atoms with van der Waals surface area (Å²) in [5.41, 5.74) is 2.39. The molecule has 4 aromatic rings. The van der Waals surface area contributed by atoms with Gasteiger partial charge in [-0.1, -0.05) is 0 Å². The van der Waals surface area contributed by atoms with E-state index in [1.54, 1.807) is 31.4 Å². The molecular weight excluding hydrogens is 458 g/mol. The van der Waals surface area contributed by atoms with E-state index in [1.165, 1.54) is 29.4 Å². The molecule has 0 aliphatic rings. The number of nitrogens with zero attached hydrogens (tertiary/aromatic N) is 1. The molecule has 1 unspecified atom stereocenters. The Morgan fingerprint density at radius 3 is 2.48 bits per heavy atom. The number of thioether (sulfide) groups is 1. The topological polar surface area (TPSA) is 93.5 Å². The summed E-state index contributed by atoms with van der Waals surface area (Å²) in [5.74, 6) is 0.578. The van der Waals surface area contributed by atoms with E-state index in [-0.39, 0.29) is 22.8 Å². The summed E-state index contributed by atoms with van der Waals surface area (Å²) in [4.78, 5) is 30.1. The monoisotopic (exact) mass is 479 g/mol. The minimum atomic E-state index is -0.332. The summed E-state index contributed by atoms with van der Waals surface area (Å²) in [5, 5.41) is 7.78. The van der Waals surface area contributed by atoms with E-state index in [0.717, 1.165) is 21.9 Å². The van der Waals surface area contributed by atoms with Crippen LogP contribution in [0.2, 0.25) is 0 Å². The average molecular weight is 480 g/mol. The summed E-state index contributed by atoms with van der Waals surface area (Å²) < 4.78 is 10.3. The lowest BCUT2D eigenvalue weighted by Crippen LogP contribution is -2.22. The molecule has 0 aliphatic heterocycles. The van der Waals surface area contributed by atoms with Crippen molar-refractivity contribution in [2.45, 2.75) is 17.1 Å². The number of thiazole rings is 1. The van der Waals surface area contributed by atoms with Gasteiger partial charge in [0, 0.05) is 21.5 Å². The fraction of sp³-hybridized carbons (Fsp3) is 0.125. The van der Waals surface area contributed by atoms with Crippen LogP contribution >= 0.6 is 23.1 Å². The second kappa shape index (κ2) is 10.4. The first-order valence-electron chi connectivity index (χ1n) is 10.0. The number of hydrogen-bond acceptors (Lipinski definition) is 7. The fourth-order valence-corrected chi connectivity index (χ4v) is 4.50. The van der Waals surface area contributed by atoms with Crippen LogP contribution in [0.1, 0.15) is 17.5 Å². The van der Waals surface area contributed by atoms with Crippen LogP contribution in [0.5, 0.6) is 5.75 Å². The Balaban J connectivity index is 1.31.